The summed E-state index contributed by atoms with van der Waals surface area (Å²) in [6.45, 7) is 2.13. The second-order valence-corrected chi connectivity index (χ2v) is 4.73. The van der Waals surface area contributed by atoms with E-state index in [9.17, 15) is 0 Å². The molecule has 1 aliphatic rings. The van der Waals surface area contributed by atoms with Crippen LogP contribution in [-0.2, 0) is 0 Å². The third-order valence-electron chi connectivity index (χ3n) is 2.40. The highest BCUT2D eigenvalue weighted by Gasteiger charge is 2.24. The summed E-state index contributed by atoms with van der Waals surface area (Å²) in [7, 11) is 0. The van der Waals surface area contributed by atoms with Gasteiger partial charge in [0.15, 0.2) is 0 Å². The lowest BCUT2D eigenvalue weighted by Gasteiger charge is -2.30. The van der Waals surface area contributed by atoms with E-state index >= 15 is 0 Å². The van der Waals surface area contributed by atoms with Crippen LogP contribution in [0.25, 0.3) is 0 Å². The van der Waals surface area contributed by atoms with Gasteiger partial charge in [-0.2, -0.15) is 5.26 Å². The highest BCUT2D eigenvalue weighted by Crippen LogP contribution is 2.38. The normalized spacial score (nSPS) is 24.6. The standard InChI is InChI=1S/C11H12N2S/c1-8-10(6-7-12)14-11-5-3-2-4-9(11)13-8/h2-5,8,10,13H,6H2,1H3. The molecule has 0 radical (unpaired) electrons. The Morgan fingerprint density at radius 2 is 2.29 bits per heavy atom. The van der Waals surface area contributed by atoms with Crippen molar-refractivity contribution in [3.63, 3.8) is 0 Å². The van der Waals surface area contributed by atoms with Gasteiger partial charge in [0, 0.05) is 28.3 Å². The number of nitrogens with one attached hydrogen (secondary N) is 1. The summed E-state index contributed by atoms with van der Waals surface area (Å²) in [6, 6.07) is 10.9. The van der Waals surface area contributed by atoms with E-state index in [-0.39, 0.29) is 0 Å². The van der Waals surface area contributed by atoms with Crippen LogP contribution < -0.4 is 5.32 Å². The van der Waals surface area contributed by atoms with E-state index in [1.165, 1.54) is 10.6 Å². The summed E-state index contributed by atoms with van der Waals surface area (Å²) >= 11 is 1.80. The quantitative estimate of drug-likeness (QED) is 0.764. The molecule has 0 saturated heterocycles. The molecule has 1 aromatic carbocycles. The van der Waals surface area contributed by atoms with Crippen molar-refractivity contribution in [2.24, 2.45) is 0 Å². The first-order chi connectivity index (χ1) is 6.81. The molecular weight excluding hydrogens is 192 g/mol. The first-order valence-electron chi connectivity index (χ1n) is 4.70. The fraction of sp³-hybridized carbons (Fsp3) is 0.364. The number of nitriles is 1. The van der Waals surface area contributed by atoms with E-state index in [0.29, 0.717) is 17.7 Å². The minimum Gasteiger partial charge on any atom is -0.381 e. The Bertz CT molecular complexity index is 370. The molecule has 0 saturated carbocycles. The lowest BCUT2D eigenvalue weighted by Crippen LogP contribution is -2.31. The second-order valence-electron chi connectivity index (χ2n) is 3.45. The van der Waals surface area contributed by atoms with E-state index in [1.54, 1.807) is 11.8 Å². The molecule has 2 rings (SSSR count). The maximum Gasteiger partial charge on any atom is 0.0634 e. The number of rotatable bonds is 1. The number of hydrogen-bond donors (Lipinski definition) is 1. The zero-order chi connectivity index (χ0) is 9.97. The number of nitrogens with zero attached hydrogens (tertiary/aromatic N) is 1. The van der Waals surface area contributed by atoms with Gasteiger partial charge in [0.2, 0.25) is 0 Å². The molecule has 0 aliphatic carbocycles. The Hall–Kier alpha value is -1.14. The topological polar surface area (TPSA) is 35.8 Å². The fourth-order valence-corrected chi connectivity index (χ4v) is 2.77. The van der Waals surface area contributed by atoms with Crippen molar-refractivity contribution in [1.29, 1.82) is 5.26 Å². The van der Waals surface area contributed by atoms with Crippen LogP contribution in [0.5, 0.6) is 0 Å². The minimum atomic E-state index is 0.370. The molecule has 2 atom stereocenters. The summed E-state index contributed by atoms with van der Waals surface area (Å²) in [5.74, 6) is 0. The molecule has 3 heteroatoms. The molecule has 0 aromatic heterocycles. The highest BCUT2D eigenvalue weighted by molar-refractivity contribution is 8.00. The van der Waals surface area contributed by atoms with Gasteiger partial charge in [-0.25, -0.2) is 0 Å². The van der Waals surface area contributed by atoms with Gasteiger partial charge in [0.25, 0.3) is 0 Å². The van der Waals surface area contributed by atoms with Crippen LogP contribution in [0.1, 0.15) is 13.3 Å². The van der Waals surface area contributed by atoms with Crippen LogP contribution >= 0.6 is 11.8 Å². The lowest BCUT2D eigenvalue weighted by atomic mass is 10.1. The molecule has 2 nitrogen and oxygen atoms in total. The Labute approximate surface area is 88.3 Å². The van der Waals surface area contributed by atoms with Crippen LogP contribution in [0.15, 0.2) is 29.2 Å². The van der Waals surface area contributed by atoms with Crippen LogP contribution in [-0.4, -0.2) is 11.3 Å². The molecule has 2 unspecified atom stereocenters. The second kappa shape index (κ2) is 3.93. The van der Waals surface area contributed by atoms with Crippen molar-refractivity contribution < 1.29 is 0 Å². The molecule has 1 aliphatic heterocycles. The van der Waals surface area contributed by atoms with Crippen molar-refractivity contribution in [3.05, 3.63) is 24.3 Å². The molecule has 1 N–H and O–H groups in total. The third-order valence-corrected chi connectivity index (χ3v) is 3.89. The smallest absolute Gasteiger partial charge is 0.0634 e. The van der Waals surface area contributed by atoms with Gasteiger partial charge in [0.1, 0.15) is 0 Å². The Morgan fingerprint density at radius 1 is 1.50 bits per heavy atom. The Balaban J connectivity index is 2.23. The van der Waals surface area contributed by atoms with Crippen molar-refractivity contribution in [2.75, 3.05) is 5.32 Å². The lowest BCUT2D eigenvalue weighted by molar-refractivity contribution is 0.730. The molecule has 0 spiro atoms. The first-order valence-corrected chi connectivity index (χ1v) is 5.58. The van der Waals surface area contributed by atoms with Gasteiger partial charge in [-0.05, 0) is 19.1 Å². The average Bonchev–Trinajstić information content (AvgIpc) is 2.19. The molecule has 0 bridgehead atoms. The first kappa shape index (κ1) is 9.42. The summed E-state index contributed by atoms with van der Waals surface area (Å²) < 4.78 is 0. The van der Waals surface area contributed by atoms with E-state index in [0.717, 1.165) is 0 Å². The minimum absolute atomic E-state index is 0.370. The predicted molar refractivity (Wildman–Crippen MR) is 59.4 cm³/mol. The molecule has 72 valence electrons. The van der Waals surface area contributed by atoms with E-state index in [2.05, 4.69) is 30.4 Å². The van der Waals surface area contributed by atoms with Crippen LogP contribution in [0.4, 0.5) is 5.69 Å². The molecule has 1 heterocycles. The molecule has 14 heavy (non-hydrogen) atoms. The van der Waals surface area contributed by atoms with E-state index in [4.69, 9.17) is 5.26 Å². The molecule has 0 amide bonds. The molecular formula is C11H12N2S. The molecule has 0 fully saturated rings. The third kappa shape index (κ3) is 1.71. The van der Waals surface area contributed by atoms with Gasteiger partial charge in [-0.3, -0.25) is 0 Å². The number of fused-ring (bicyclic) bond motifs is 1. The van der Waals surface area contributed by atoms with Gasteiger partial charge < -0.3 is 5.32 Å². The predicted octanol–water partition coefficient (Wildman–Crippen LogP) is 2.87. The van der Waals surface area contributed by atoms with Gasteiger partial charge in [0.05, 0.1) is 6.07 Å². The van der Waals surface area contributed by atoms with Crippen LogP contribution in [0.2, 0.25) is 0 Å². The monoisotopic (exact) mass is 204 g/mol. The molecule has 1 aromatic rings. The zero-order valence-electron chi connectivity index (χ0n) is 8.03. The maximum atomic E-state index is 8.69. The van der Waals surface area contributed by atoms with Gasteiger partial charge in [-0.15, -0.1) is 11.8 Å². The van der Waals surface area contributed by atoms with Crippen LogP contribution in [0, 0.1) is 11.3 Å². The number of para-hydroxylation sites is 1. The number of hydrogen-bond acceptors (Lipinski definition) is 3. The summed E-state index contributed by atoms with van der Waals surface area (Å²) in [5, 5.41) is 12.5. The van der Waals surface area contributed by atoms with E-state index < -0.39 is 0 Å². The van der Waals surface area contributed by atoms with Gasteiger partial charge >= 0.3 is 0 Å². The van der Waals surface area contributed by atoms with Crippen molar-refractivity contribution in [3.8, 4) is 6.07 Å². The number of thioether (sulfide) groups is 1. The van der Waals surface area contributed by atoms with Crippen LogP contribution in [0.3, 0.4) is 0 Å². The Kier molecular flexibility index (Phi) is 2.64. The maximum absolute atomic E-state index is 8.69. The van der Waals surface area contributed by atoms with E-state index in [1.807, 2.05) is 12.1 Å². The Morgan fingerprint density at radius 3 is 3.07 bits per heavy atom. The van der Waals surface area contributed by atoms with Gasteiger partial charge in [-0.1, -0.05) is 12.1 Å². The SMILES string of the molecule is CC1Nc2ccccc2SC1CC#N. The fourth-order valence-electron chi connectivity index (χ4n) is 1.60. The van der Waals surface area contributed by atoms with Crippen molar-refractivity contribution >= 4 is 17.4 Å². The largest absolute Gasteiger partial charge is 0.381 e. The van der Waals surface area contributed by atoms with Crippen molar-refractivity contribution in [1.82, 2.24) is 0 Å². The number of benzene rings is 1. The summed E-state index contributed by atoms with van der Waals surface area (Å²) in [6.07, 6.45) is 0.604. The average molecular weight is 204 g/mol. The number of anilines is 1. The highest BCUT2D eigenvalue weighted by atomic mass is 32.2. The summed E-state index contributed by atoms with van der Waals surface area (Å²) in [5.41, 5.74) is 1.19. The summed E-state index contributed by atoms with van der Waals surface area (Å²) in [4.78, 5) is 1.26. The van der Waals surface area contributed by atoms with Crippen molar-refractivity contribution in [2.45, 2.75) is 29.5 Å². The zero-order valence-corrected chi connectivity index (χ0v) is 8.84.